The van der Waals surface area contributed by atoms with Gasteiger partial charge in [-0.3, -0.25) is 4.57 Å². The van der Waals surface area contributed by atoms with Gasteiger partial charge in [0, 0.05) is 10.9 Å². The summed E-state index contributed by atoms with van der Waals surface area (Å²) in [5.74, 6) is 0.555. The van der Waals surface area contributed by atoms with Crippen LogP contribution < -0.4 is 5.73 Å². The molecule has 0 saturated heterocycles. The molecule has 1 aromatic carbocycles. The molecule has 0 bridgehead atoms. The van der Waals surface area contributed by atoms with E-state index >= 15 is 0 Å². The Morgan fingerprint density at radius 1 is 1.43 bits per heavy atom. The number of nitrogens with two attached hydrogens (primary N) is 1. The Kier molecular flexibility index (Phi) is 4.67. The number of hydrogen-bond donors (Lipinski definition) is 1. The zero-order valence-electron chi connectivity index (χ0n) is 12.3. The summed E-state index contributed by atoms with van der Waals surface area (Å²) in [6, 6.07) is 5.84. The molecule has 5 nitrogen and oxygen atoms in total. The van der Waals surface area contributed by atoms with Crippen LogP contribution in [-0.4, -0.2) is 22.1 Å². The summed E-state index contributed by atoms with van der Waals surface area (Å²) < 4.78 is 7.80. The highest BCUT2D eigenvalue weighted by Gasteiger charge is 2.22. The van der Waals surface area contributed by atoms with Gasteiger partial charge in [0.1, 0.15) is 11.6 Å². The summed E-state index contributed by atoms with van der Waals surface area (Å²) >= 11 is 3.51. The Bertz CT molecular complexity index is 680. The predicted molar refractivity (Wildman–Crippen MR) is 85.7 cm³/mol. The zero-order chi connectivity index (χ0) is 15.6. The number of anilines is 1. The number of aromatic nitrogens is 2. The van der Waals surface area contributed by atoms with Gasteiger partial charge in [-0.2, -0.15) is 0 Å². The number of rotatable bonds is 4. The molecule has 1 heterocycles. The van der Waals surface area contributed by atoms with E-state index in [9.17, 15) is 4.79 Å². The number of hydrogen-bond acceptors (Lipinski definition) is 4. The summed E-state index contributed by atoms with van der Waals surface area (Å²) in [6.07, 6.45) is 0.662. The quantitative estimate of drug-likeness (QED) is 0.858. The van der Waals surface area contributed by atoms with Crippen LogP contribution in [0.25, 0.3) is 5.69 Å². The maximum Gasteiger partial charge on any atom is 0.360 e. The van der Waals surface area contributed by atoms with Crippen molar-refractivity contribution in [2.24, 2.45) is 0 Å². The molecule has 0 spiro atoms. The first-order valence-corrected chi connectivity index (χ1v) is 7.60. The first kappa shape index (κ1) is 15.6. The molecule has 0 radical (unpaired) electrons. The third-order valence-corrected chi connectivity index (χ3v) is 4.11. The van der Waals surface area contributed by atoms with E-state index in [4.69, 9.17) is 10.5 Å². The second kappa shape index (κ2) is 6.30. The normalized spacial score (nSPS) is 10.7. The molecule has 0 aliphatic carbocycles. The number of ether oxygens (including phenoxy) is 1. The van der Waals surface area contributed by atoms with Gasteiger partial charge in [0.25, 0.3) is 0 Å². The molecule has 0 aliphatic heterocycles. The van der Waals surface area contributed by atoms with Gasteiger partial charge in [-0.1, -0.05) is 28.9 Å². The summed E-state index contributed by atoms with van der Waals surface area (Å²) in [5.41, 5.74) is 8.26. The van der Waals surface area contributed by atoms with Crippen LogP contribution in [0, 0.1) is 6.92 Å². The van der Waals surface area contributed by atoms with E-state index in [0.717, 1.165) is 21.5 Å². The zero-order valence-corrected chi connectivity index (χ0v) is 13.9. The third-order valence-electron chi connectivity index (χ3n) is 3.25. The number of halogens is 1. The summed E-state index contributed by atoms with van der Waals surface area (Å²) in [4.78, 5) is 16.3. The minimum absolute atomic E-state index is 0.174. The van der Waals surface area contributed by atoms with Gasteiger partial charge in [0.05, 0.1) is 12.3 Å². The first-order valence-electron chi connectivity index (χ1n) is 6.80. The lowest BCUT2D eigenvalue weighted by Crippen LogP contribution is -2.10. The molecule has 2 rings (SSSR count). The molecule has 0 saturated carbocycles. The lowest BCUT2D eigenvalue weighted by molar-refractivity contribution is 0.0521. The fraction of sp³-hybridized carbons (Fsp3) is 0.333. The Morgan fingerprint density at radius 2 is 2.14 bits per heavy atom. The maximum atomic E-state index is 11.9. The van der Waals surface area contributed by atoms with Crippen LogP contribution in [0.2, 0.25) is 0 Å². The fourth-order valence-electron chi connectivity index (χ4n) is 2.18. The van der Waals surface area contributed by atoms with Crippen molar-refractivity contribution in [1.82, 2.24) is 9.55 Å². The second-order valence-electron chi connectivity index (χ2n) is 4.56. The van der Waals surface area contributed by atoms with E-state index in [-0.39, 0.29) is 5.69 Å². The van der Waals surface area contributed by atoms with E-state index in [1.807, 2.05) is 36.6 Å². The SMILES string of the molecule is CCOC(=O)c1nc(CC)n(-c2cccc(Br)c2C)c1N. The number of aryl methyl sites for hydroxylation is 1. The van der Waals surface area contributed by atoms with Gasteiger partial charge in [0.15, 0.2) is 5.69 Å². The topological polar surface area (TPSA) is 70.1 Å². The van der Waals surface area contributed by atoms with E-state index in [1.165, 1.54) is 0 Å². The van der Waals surface area contributed by atoms with Gasteiger partial charge in [-0.25, -0.2) is 9.78 Å². The number of nitrogens with zero attached hydrogens (tertiary/aromatic N) is 2. The Balaban J connectivity index is 2.63. The van der Waals surface area contributed by atoms with Crippen molar-refractivity contribution in [3.8, 4) is 5.69 Å². The maximum absolute atomic E-state index is 11.9. The van der Waals surface area contributed by atoms with Crippen LogP contribution in [0.5, 0.6) is 0 Å². The van der Waals surface area contributed by atoms with Crippen LogP contribution in [0.3, 0.4) is 0 Å². The number of carbonyl (C=O) groups is 1. The molecule has 6 heteroatoms. The van der Waals surface area contributed by atoms with Crippen LogP contribution in [0.1, 0.15) is 35.7 Å². The van der Waals surface area contributed by atoms with Gasteiger partial charge < -0.3 is 10.5 Å². The Labute approximate surface area is 132 Å². The second-order valence-corrected chi connectivity index (χ2v) is 5.41. The van der Waals surface area contributed by atoms with Crippen molar-refractivity contribution in [3.05, 3.63) is 39.8 Å². The van der Waals surface area contributed by atoms with Crippen molar-refractivity contribution in [1.29, 1.82) is 0 Å². The van der Waals surface area contributed by atoms with Crippen molar-refractivity contribution in [3.63, 3.8) is 0 Å². The molecule has 1 aromatic heterocycles. The van der Waals surface area contributed by atoms with Crippen molar-refractivity contribution in [2.75, 3.05) is 12.3 Å². The molecule has 2 aromatic rings. The molecule has 0 fully saturated rings. The number of carbonyl (C=O) groups excluding carboxylic acids is 1. The van der Waals surface area contributed by atoms with Crippen molar-refractivity contribution < 1.29 is 9.53 Å². The fourth-order valence-corrected chi connectivity index (χ4v) is 2.53. The number of benzene rings is 1. The van der Waals surface area contributed by atoms with E-state index in [0.29, 0.717) is 18.8 Å². The van der Waals surface area contributed by atoms with E-state index < -0.39 is 5.97 Å². The molecule has 0 unspecified atom stereocenters. The summed E-state index contributed by atoms with van der Waals surface area (Å²) in [5, 5.41) is 0. The van der Waals surface area contributed by atoms with Crippen LogP contribution in [0.4, 0.5) is 5.82 Å². The number of esters is 1. The molecular weight excluding hydrogens is 334 g/mol. The van der Waals surface area contributed by atoms with Gasteiger partial charge >= 0.3 is 5.97 Å². The lowest BCUT2D eigenvalue weighted by atomic mass is 10.2. The molecule has 2 N–H and O–H groups in total. The van der Waals surface area contributed by atoms with E-state index in [2.05, 4.69) is 20.9 Å². The average molecular weight is 352 g/mol. The van der Waals surface area contributed by atoms with Crippen LogP contribution >= 0.6 is 15.9 Å². The standard InChI is InChI=1S/C15H18BrN3O2/c1-4-12-18-13(15(20)21-5-2)14(17)19(12)11-8-6-7-10(16)9(11)3/h6-8H,4-5,17H2,1-3H3. The smallest absolute Gasteiger partial charge is 0.360 e. The monoisotopic (exact) mass is 351 g/mol. The molecular formula is C15H18BrN3O2. The highest BCUT2D eigenvalue weighted by molar-refractivity contribution is 9.10. The van der Waals surface area contributed by atoms with Crippen LogP contribution in [0.15, 0.2) is 22.7 Å². The van der Waals surface area contributed by atoms with Gasteiger partial charge in [0.2, 0.25) is 0 Å². The minimum Gasteiger partial charge on any atom is -0.461 e. The van der Waals surface area contributed by atoms with Gasteiger partial charge in [-0.15, -0.1) is 0 Å². The minimum atomic E-state index is -0.490. The molecule has 112 valence electrons. The number of nitrogen functional groups attached to an aromatic ring is 1. The summed E-state index contributed by atoms with van der Waals surface area (Å²) in [7, 11) is 0. The highest BCUT2D eigenvalue weighted by Crippen LogP contribution is 2.28. The van der Waals surface area contributed by atoms with Gasteiger partial charge in [-0.05, 0) is 31.5 Å². The van der Waals surface area contributed by atoms with Crippen molar-refractivity contribution >= 4 is 27.7 Å². The third kappa shape index (κ3) is 2.81. The average Bonchev–Trinajstić information content (AvgIpc) is 2.79. The largest absolute Gasteiger partial charge is 0.461 e. The Hall–Kier alpha value is -1.82. The van der Waals surface area contributed by atoms with E-state index in [1.54, 1.807) is 6.92 Å². The predicted octanol–water partition coefficient (Wildman–Crippen LogP) is 3.26. The molecule has 21 heavy (non-hydrogen) atoms. The molecule has 0 amide bonds. The lowest BCUT2D eigenvalue weighted by Gasteiger charge is -2.13. The first-order chi connectivity index (χ1) is 10.0. The summed E-state index contributed by atoms with van der Waals surface area (Å²) in [6.45, 7) is 6.01. The highest BCUT2D eigenvalue weighted by atomic mass is 79.9. The molecule has 0 atom stereocenters. The van der Waals surface area contributed by atoms with Crippen molar-refractivity contribution in [2.45, 2.75) is 27.2 Å². The Morgan fingerprint density at radius 3 is 2.76 bits per heavy atom. The molecule has 0 aliphatic rings. The number of imidazole rings is 1. The van der Waals surface area contributed by atoms with Crippen LogP contribution in [-0.2, 0) is 11.2 Å².